The summed E-state index contributed by atoms with van der Waals surface area (Å²) in [6, 6.07) is 7.78. The molecule has 0 aliphatic rings. The van der Waals surface area contributed by atoms with Crippen LogP contribution in [0, 0.1) is 0 Å². The fourth-order valence-electron chi connectivity index (χ4n) is 2.13. The molecule has 4 nitrogen and oxygen atoms in total. The summed E-state index contributed by atoms with van der Waals surface area (Å²) >= 11 is 0. The molecule has 0 heterocycles. The van der Waals surface area contributed by atoms with E-state index in [4.69, 9.17) is 13.8 Å². The minimum absolute atomic E-state index is 0.0826. The van der Waals surface area contributed by atoms with Gasteiger partial charge in [-0.05, 0) is 51.3 Å². The summed E-state index contributed by atoms with van der Waals surface area (Å²) in [5.41, 5.74) is 1.09. The maximum atomic E-state index is 12.9. The molecule has 1 aromatic carbocycles. The van der Waals surface area contributed by atoms with E-state index in [0.717, 1.165) is 11.3 Å². The van der Waals surface area contributed by atoms with Gasteiger partial charge in [0.15, 0.2) is 0 Å². The minimum atomic E-state index is -3.10. The number of hydrogen-bond donors (Lipinski definition) is 0. The molecule has 0 N–H and O–H groups in total. The van der Waals surface area contributed by atoms with Crippen LogP contribution in [0.15, 0.2) is 24.3 Å². The lowest BCUT2D eigenvalue weighted by Gasteiger charge is -2.25. The molecule has 0 fully saturated rings. The van der Waals surface area contributed by atoms with Crippen LogP contribution in [0.5, 0.6) is 5.75 Å². The third kappa shape index (κ3) is 6.21. The number of benzene rings is 1. The van der Waals surface area contributed by atoms with Crippen LogP contribution in [-0.2, 0) is 13.6 Å². The Bertz CT molecular complexity index is 454. The number of hydrogen-bond acceptors (Lipinski definition) is 4. The third-order valence-electron chi connectivity index (χ3n) is 2.93. The van der Waals surface area contributed by atoms with Gasteiger partial charge in [0, 0.05) is 0 Å². The normalized spacial score (nSPS) is 13.7. The highest BCUT2D eigenvalue weighted by Crippen LogP contribution is 2.53. The van der Waals surface area contributed by atoms with Crippen molar-refractivity contribution in [1.29, 1.82) is 0 Å². The second-order valence-electron chi connectivity index (χ2n) is 5.78. The summed E-state index contributed by atoms with van der Waals surface area (Å²) in [4.78, 5) is 0. The molecule has 120 valence electrons. The van der Waals surface area contributed by atoms with Crippen molar-refractivity contribution in [3.8, 4) is 5.75 Å². The van der Waals surface area contributed by atoms with Gasteiger partial charge in [0.2, 0.25) is 0 Å². The van der Waals surface area contributed by atoms with Gasteiger partial charge in [-0.1, -0.05) is 19.1 Å². The van der Waals surface area contributed by atoms with E-state index in [1.165, 1.54) is 0 Å². The zero-order valence-electron chi connectivity index (χ0n) is 13.8. The lowest BCUT2D eigenvalue weighted by Crippen LogP contribution is -2.13. The van der Waals surface area contributed by atoms with Gasteiger partial charge in [0.05, 0.1) is 25.5 Å². The van der Waals surface area contributed by atoms with Crippen molar-refractivity contribution in [3.05, 3.63) is 29.8 Å². The van der Waals surface area contributed by atoms with E-state index >= 15 is 0 Å². The molecular weight excluding hydrogens is 287 g/mol. The van der Waals surface area contributed by atoms with Crippen LogP contribution < -0.4 is 4.74 Å². The van der Waals surface area contributed by atoms with Gasteiger partial charge in [-0.2, -0.15) is 0 Å². The lowest BCUT2D eigenvalue weighted by atomic mass is 10.0. The van der Waals surface area contributed by atoms with Gasteiger partial charge in [0.25, 0.3) is 0 Å². The molecule has 0 unspecified atom stereocenters. The van der Waals surface area contributed by atoms with E-state index in [0.29, 0.717) is 6.16 Å². The molecule has 0 amide bonds. The largest absolute Gasteiger partial charge is 0.497 e. The first-order valence-electron chi connectivity index (χ1n) is 7.35. The molecule has 1 atom stereocenters. The molecule has 0 spiro atoms. The van der Waals surface area contributed by atoms with Gasteiger partial charge in [-0.25, -0.2) is 0 Å². The highest BCUT2D eigenvalue weighted by atomic mass is 31.2. The molecule has 0 radical (unpaired) electrons. The predicted octanol–water partition coefficient (Wildman–Crippen LogP) is 4.84. The maximum absolute atomic E-state index is 12.9. The van der Waals surface area contributed by atoms with Crippen LogP contribution in [0.3, 0.4) is 0 Å². The lowest BCUT2D eigenvalue weighted by molar-refractivity contribution is 0.142. The van der Waals surface area contributed by atoms with Crippen molar-refractivity contribution in [2.75, 3.05) is 13.3 Å². The average molecular weight is 314 g/mol. The summed E-state index contributed by atoms with van der Waals surface area (Å²) in [7, 11) is -1.46. The second kappa shape index (κ2) is 7.98. The van der Waals surface area contributed by atoms with Gasteiger partial charge in [-0.15, -0.1) is 0 Å². The standard InChI is InChI=1S/C16H27O4P/c1-12(2)19-21(17,20-13(3)4)11-14(5)15-7-9-16(18-6)10-8-15/h7-10,12-14H,11H2,1-6H3/t14-/m1/s1. The Kier molecular flexibility index (Phi) is 6.92. The maximum Gasteiger partial charge on any atom is 0.331 e. The predicted molar refractivity (Wildman–Crippen MR) is 86.3 cm³/mol. The summed E-state index contributed by atoms with van der Waals surface area (Å²) in [6.07, 6.45) is 0.116. The average Bonchev–Trinajstić information content (AvgIpc) is 2.36. The fraction of sp³-hybridized carbons (Fsp3) is 0.625. The quantitative estimate of drug-likeness (QED) is 0.644. The SMILES string of the molecule is COc1ccc([C@H](C)CP(=O)(OC(C)C)OC(C)C)cc1. The molecule has 0 saturated carbocycles. The summed E-state index contributed by atoms with van der Waals surface area (Å²) < 4.78 is 29.2. The van der Waals surface area contributed by atoms with Crippen LogP contribution in [0.25, 0.3) is 0 Å². The van der Waals surface area contributed by atoms with Crippen LogP contribution in [0.2, 0.25) is 0 Å². The Morgan fingerprint density at radius 2 is 1.43 bits per heavy atom. The molecular formula is C16H27O4P. The van der Waals surface area contributed by atoms with E-state index in [-0.39, 0.29) is 18.1 Å². The topological polar surface area (TPSA) is 44.8 Å². The first-order chi connectivity index (χ1) is 9.75. The van der Waals surface area contributed by atoms with Crippen LogP contribution >= 0.6 is 7.60 Å². The molecule has 5 heteroatoms. The molecule has 21 heavy (non-hydrogen) atoms. The van der Waals surface area contributed by atoms with Gasteiger partial charge in [-0.3, -0.25) is 4.57 Å². The highest BCUT2D eigenvalue weighted by Gasteiger charge is 2.30. The van der Waals surface area contributed by atoms with E-state index in [1.807, 2.05) is 58.9 Å². The minimum Gasteiger partial charge on any atom is -0.497 e. The van der Waals surface area contributed by atoms with E-state index in [9.17, 15) is 4.57 Å². The molecule has 0 saturated heterocycles. The summed E-state index contributed by atoms with van der Waals surface area (Å²) in [5.74, 6) is 0.894. The van der Waals surface area contributed by atoms with Crippen molar-refractivity contribution >= 4 is 7.60 Å². The van der Waals surface area contributed by atoms with Crippen molar-refractivity contribution in [1.82, 2.24) is 0 Å². The Labute approximate surface area is 128 Å². The van der Waals surface area contributed by atoms with Crippen molar-refractivity contribution in [2.24, 2.45) is 0 Å². The first kappa shape index (κ1) is 18.2. The van der Waals surface area contributed by atoms with Crippen LogP contribution in [-0.4, -0.2) is 25.5 Å². The van der Waals surface area contributed by atoms with E-state index in [2.05, 4.69) is 0 Å². The summed E-state index contributed by atoms with van der Waals surface area (Å²) in [5, 5.41) is 0. The van der Waals surface area contributed by atoms with Gasteiger partial charge in [0.1, 0.15) is 5.75 Å². The highest BCUT2D eigenvalue weighted by molar-refractivity contribution is 7.53. The van der Waals surface area contributed by atoms with Gasteiger partial charge < -0.3 is 13.8 Å². The number of rotatable bonds is 8. The third-order valence-corrected chi connectivity index (χ3v) is 5.41. The Balaban J connectivity index is 2.83. The molecule has 0 aromatic heterocycles. The van der Waals surface area contributed by atoms with Crippen molar-refractivity contribution < 1.29 is 18.3 Å². The molecule has 0 aliphatic heterocycles. The van der Waals surface area contributed by atoms with Crippen molar-refractivity contribution in [2.45, 2.75) is 52.7 Å². The summed E-state index contributed by atoms with van der Waals surface area (Å²) in [6.45, 7) is 9.51. The molecule has 0 aliphatic carbocycles. The number of ether oxygens (including phenoxy) is 1. The Morgan fingerprint density at radius 1 is 0.952 bits per heavy atom. The molecule has 1 rings (SSSR count). The second-order valence-corrected chi connectivity index (χ2v) is 7.78. The molecule has 1 aromatic rings. The Hall–Kier alpha value is -0.830. The van der Waals surface area contributed by atoms with Crippen LogP contribution in [0.1, 0.15) is 46.1 Å². The zero-order chi connectivity index (χ0) is 16.0. The van der Waals surface area contributed by atoms with Gasteiger partial charge >= 0.3 is 7.60 Å². The van der Waals surface area contributed by atoms with Crippen LogP contribution in [0.4, 0.5) is 0 Å². The fourth-order valence-corrected chi connectivity index (χ4v) is 4.51. The van der Waals surface area contributed by atoms with E-state index < -0.39 is 7.60 Å². The zero-order valence-corrected chi connectivity index (χ0v) is 14.7. The molecule has 0 bridgehead atoms. The van der Waals surface area contributed by atoms with E-state index in [1.54, 1.807) is 7.11 Å². The Morgan fingerprint density at radius 3 is 1.81 bits per heavy atom. The number of methoxy groups -OCH3 is 1. The smallest absolute Gasteiger partial charge is 0.331 e. The van der Waals surface area contributed by atoms with Crippen molar-refractivity contribution in [3.63, 3.8) is 0 Å². The first-order valence-corrected chi connectivity index (χ1v) is 9.08. The monoisotopic (exact) mass is 314 g/mol.